The molecule has 0 aromatic carbocycles. The first-order valence-corrected chi connectivity index (χ1v) is 3.80. The van der Waals surface area contributed by atoms with Gasteiger partial charge in [-0.1, -0.05) is 19.9 Å². The summed E-state index contributed by atoms with van der Waals surface area (Å²) in [5.41, 5.74) is 4.00. The van der Waals surface area contributed by atoms with E-state index in [2.05, 4.69) is 31.2 Å². The predicted molar refractivity (Wildman–Crippen MR) is 45.9 cm³/mol. The van der Waals surface area contributed by atoms with Crippen LogP contribution >= 0.6 is 0 Å². The molecule has 0 heterocycles. The number of unbranched alkanes of at least 4 members (excludes halogenated alkanes) is 1. The average molecular weight is 139 g/mol. The van der Waals surface area contributed by atoms with Crippen LogP contribution in [0.5, 0.6) is 0 Å². The SMILES string of the molecule is C=C=C(C)N(C)CCCC. The van der Waals surface area contributed by atoms with Crippen molar-refractivity contribution in [3.05, 3.63) is 18.0 Å². The van der Waals surface area contributed by atoms with Gasteiger partial charge >= 0.3 is 0 Å². The van der Waals surface area contributed by atoms with E-state index >= 15 is 0 Å². The molecule has 0 unspecified atom stereocenters. The summed E-state index contributed by atoms with van der Waals surface area (Å²) in [6.07, 6.45) is 2.49. The van der Waals surface area contributed by atoms with Gasteiger partial charge in [0.05, 0.1) is 5.70 Å². The molecule has 1 nitrogen and oxygen atoms in total. The van der Waals surface area contributed by atoms with Crippen molar-refractivity contribution in [2.45, 2.75) is 26.7 Å². The normalized spacial score (nSPS) is 8.70. The quantitative estimate of drug-likeness (QED) is 0.541. The molecule has 0 rings (SSSR count). The first-order valence-electron chi connectivity index (χ1n) is 3.80. The highest BCUT2D eigenvalue weighted by Gasteiger charge is 1.94. The summed E-state index contributed by atoms with van der Waals surface area (Å²) in [4.78, 5) is 2.18. The Morgan fingerprint density at radius 3 is 2.60 bits per heavy atom. The molecule has 0 atom stereocenters. The lowest BCUT2D eigenvalue weighted by Crippen LogP contribution is -2.16. The maximum atomic E-state index is 3.59. The molecule has 0 aliphatic carbocycles. The van der Waals surface area contributed by atoms with Gasteiger partial charge in [-0.05, 0) is 13.3 Å². The zero-order valence-corrected chi connectivity index (χ0v) is 7.28. The van der Waals surface area contributed by atoms with E-state index in [0.29, 0.717) is 0 Å². The van der Waals surface area contributed by atoms with Crippen molar-refractivity contribution in [2.75, 3.05) is 13.6 Å². The van der Waals surface area contributed by atoms with Crippen LogP contribution in [0.3, 0.4) is 0 Å². The first-order chi connectivity index (χ1) is 4.72. The monoisotopic (exact) mass is 139 g/mol. The Hall–Kier alpha value is -0.680. The number of allylic oxidation sites excluding steroid dienone is 1. The van der Waals surface area contributed by atoms with Crippen LogP contribution in [0.4, 0.5) is 0 Å². The van der Waals surface area contributed by atoms with Gasteiger partial charge in [0.1, 0.15) is 0 Å². The molecule has 10 heavy (non-hydrogen) atoms. The summed E-state index contributed by atoms with van der Waals surface area (Å²) in [5, 5.41) is 0. The maximum Gasteiger partial charge on any atom is 0.0523 e. The molecule has 0 spiro atoms. The molecule has 0 aromatic rings. The molecule has 0 saturated carbocycles. The molecule has 0 radical (unpaired) electrons. The van der Waals surface area contributed by atoms with Gasteiger partial charge in [-0.25, -0.2) is 0 Å². The largest absolute Gasteiger partial charge is 0.372 e. The summed E-state index contributed by atoms with van der Waals surface area (Å²) in [6.45, 7) is 8.93. The molecule has 0 N–H and O–H groups in total. The Balaban J connectivity index is 3.62. The zero-order valence-electron chi connectivity index (χ0n) is 7.28. The number of hydrogen-bond donors (Lipinski definition) is 0. The average Bonchev–Trinajstić information content (AvgIpc) is 1.98. The van der Waals surface area contributed by atoms with Crippen LogP contribution in [0.15, 0.2) is 18.0 Å². The van der Waals surface area contributed by atoms with Gasteiger partial charge < -0.3 is 4.90 Å². The molecule has 1 heteroatoms. The van der Waals surface area contributed by atoms with Crippen LogP contribution in [0.25, 0.3) is 0 Å². The fourth-order valence-electron chi connectivity index (χ4n) is 0.698. The van der Waals surface area contributed by atoms with Gasteiger partial charge in [0.25, 0.3) is 0 Å². The lowest BCUT2D eigenvalue weighted by atomic mass is 10.3. The topological polar surface area (TPSA) is 3.24 Å². The van der Waals surface area contributed by atoms with Crippen LogP contribution in [0.2, 0.25) is 0 Å². The van der Waals surface area contributed by atoms with Gasteiger partial charge in [-0.15, -0.1) is 5.73 Å². The van der Waals surface area contributed by atoms with Gasteiger partial charge in [0, 0.05) is 13.6 Å². The third-order valence-corrected chi connectivity index (χ3v) is 1.68. The number of nitrogens with zero attached hydrogens (tertiary/aromatic N) is 1. The van der Waals surface area contributed by atoms with E-state index in [9.17, 15) is 0 Å². The lowest BCUT2D eigenvalue weighted by Gasteiger charge is -2.16. The maximum absolute atomic E-state index is 3.59. The molecule has 0 aliphatic heterocycles. The standard InChI is InChI=1S/C9H17N/c1-5-7-8-10(4)9(3)6-2/h2,5,7-8H2,1,3-4H3. The van der Waals surface area contributed by atoms with Crippen molar-refractivity contribution < 1.29 is 0 Å². The van der Waals surface area contributed by atoms with Crippen molar-refractivity contribution in [1.82, 2.24) is 4.90 Å². The van der Waals surface area contributed by atoms with Crippen molar-refractivity contribution >= 4 is 0 Å². The predicted octanol–water partition coefficient (Wildman–Crippen LogP) is 2.41. The smallest absolute Gasteiger partial charge is 0.0523 e. The summed E-state index contributed by atoms with van der Waals surface area (Å²) in [6, 6.07) is 0. The Bertz CT molecular complexity index is 132. The Morgan fingerprint density at radius 2 is 2.20 bits per heavy atom. The lowest BCUT2D eigenvalue weighted by molar-refractivity contribution is 0.408. The van der Waals surface area contributed by atoms with Gasteiger partial charge in [-0.2, -0.15) is 0 Å². The fourth-order valence-corrected chi connectivity index (χ4v) is 0.698. The van der Waals surface area contributed by atoms with E-state index in [1.165, 1.54) is 12.8 Å². The second-order valence-corrected chi connectivity index (χ2v) is 2.54. The van der Waals surface area contributed by atoms with E-state index in [-0.39, 0.29) is 0 Å². The molecular formula is C9H17N. The Labute approximate surface area is 64.0 Å². The third-order valence-electron chi connectivity index (χ3n) is 1.68. The summed E-state index contributed by atoms with van der Waals surface area (Å²) >= 11 is 0. The minimum absolute atomic E-state index is 1.12. The molecule has 58 valence electrons. The highest BCUT2D eigenvalue weighted by Crippen LogP contribution is 1.99. The van der Waals surface area contributed by atoms with E-state index in [4.69, 9.17) is 0 Å². The number of hydrogen-bond acceptors (Lipinski definition) is 1. The van der Waals surface area contributed by atoms with Crippen LogP contribution < -0.4 is 0 Å². The summed E-state index contributed by atoms with van der Waals surface area (Å²) in [5.74, 6) is 0. The van der Waals surface area contributed by atoms with Gasteiger partial charge in [0.2, 0.25) is 0 Å². The molecular weight excluding hydrogens is 122 g/mol. The van der Waals surface area contributed by atoms with Crippen LogP contribution in [0, 0.1) is 0 Å². The minimum atomic E-state index is 1.12. The fraction of sp³-hybridized carbons (Fsp3) is 0.667. The van der Waals surface area contributed by atoms with Crippen molar-refractivity contribution in [3.8, 4) is 0 Å². The van der Waals surface area contributed by atoms with Crippen molar-refractivity contribution in [2.24, 2.45) is 0 Å². The highest BCUT2D eigenvalue weighted by molar-refractivity contribution is 4.91. The second-order valence-electron chi connectivity index (χ2n) is 2.54. The van der Waals surface area contributed by atoms with Crippen LogP contribution in [-0.2, 0) is 0 Å². The molecule has 0 aromatic heterocycles. The zero-order chi connectivity index (χ0) is 7.98. The van der Waals surface area contributed by atoms with E-state index in [1.54, 1.807) is 0 Å². The van der Waals surface area contributed by atoms with Crippen molar-refractivity contribution in [1.29, 1.82) is 0 Å². The van der Waals surface area contributed by atoms with Crippen LogP contribution in [-0.4, -0.2) is 18.5 Å². The van der Waals surface area contributed by atoms with Crippen molar-refractivity contribution in [3.63, 3.8) is 0 Å². The summed E-state index contributed by atoms with van der Waals surface area (Å²) < 4.78 is 0. The minimum Gasteiger partial charge on any atom is -0.372 e. The highest BCUT2D eigenvalue weighted by atomic mass is 15.1. The van der Waals surface area contributed by atoms with Gasteiger partial charge in [-0.3, -0.25) is 0 Å². The molecule has 0 amide bonds. The Kier molecular flexibility index (Phi) is 4.78. The van der Waals surface area contributed by atoms with E-state index in [1.807, 2.05) is 6.92 Å². The second kappa shape index (κ2) is 5.13. The molecule has 0 bridgehead atoms. The molecule has 0 saturated heterocycles. The van der Waals surface area contributed by atoms with Crippen LogP contribution in [0.1, 0.15) is 26.7 Å². The molecule has 0 aliphatic rings. The van der Waals surface area contributed by atoms with E-state index in [0.717, 1.165) is 12.2 Å². The molecule has 0 fully saturated rings. The summed E-state index contributed by atoms with van der Waals surface area (Å²) in [7, 11) is 2.07. The number of rotatable bonds is 4. The van der Waals surface area contributed by atoms with E-state index < -0.39 is 0 Å². The first kappa shape index (κ1) is 9.32. The third kappa shape index (κ3) is 3.37. The Morgan fingerprint density at radius 1 is 1.60 bits per heavy atom. The van der Waals surface area contributed by atoms with Gasteiger partial charge in [0.15, 0.2) is 0 Å².